The van der Waals surface area contributed by atoms with E-state index in [4.69, 9.17) is 14.2 Å². The van der Waals surface area contributed by atoms with E-state index in [9.17, 15) is 0 Å². The number of nitrogens with zero attached hydrogens (tertiary/aromatic N) is 1. The van der Waals surface area contributed by atoms with Crippen LogP contribution in [0.2, 0.25) is 0 Å². The van der Waals surface area contributed by atoms with Crippen molar-refractivity contribution in [2.75, 3.05) is 52.5 Å². The van der Waals surface area contributed by atoms with Crippen molar-refractivity contribution in [3.05, 3.63) is 18.2 Å². The number of aliphatic imine (C=N–C) groups is 1. The number of rotatable bonds is 13. The quantitative estimate of drug-likeness (QED) is 0.310. The minimum atomic E-state index is 0.590. The zero-order chi connectivity index (χ0) is 19.0. The summed E-state index contributed by atoms with van der Waals surface area (Å²) in [5.74, 6) is 4.26. The molecular weight excluding hydrogens is 350 g/mol. The van der Waals surface area contributed by atoms with E-state index in [1.807, 2.05) is 30.0 Å². The van der Waals surface area contributed by atoms with Crippen LogP contribution in [-0.4, -0.2) is 58.4 Å². The number of hydrogen-bond acceptors (Lipinski definition) is 5. The fourth-order valence-electron chi connectivity index (χ4n) is 2.23. The number of benzene rings is 1. The Balaban J connectivity index is 2.34. The van der Waals surface area contributed by atoms with E-state index in [0.29, 0.717) is 13.2 Å². The zero-order valence-corrected chi connectivity index (χ0v) is 17.3. The van der Waals surface area contributed by atoms with Gasteiger partial charge < -0.3 is 24.8 Å². The van der Waals surface area contributed by atoms with Crippen LogP contribution in [-0.2, 0) is 0 Å². The highest BCUT2D eigenvalue weighted by molar-refractivity contribution is 7.98. The van der Waals surface area contributed by atoms with Gasteiger partial charge in [-0.2, -0.15) is 11.8 Å². The Morgan fingerprint density at radius 3 is 2.31 bits per heavy atom. The molecule has 26 heavy (non-hydrogen) atoms. The van der Waals surface area contributed by atoms with Crippen LogP contribution in [0.15, 0.2) is 23.2 Å². The lowest BCUT2D eigenvalue weighted by Gasteiger charge is -2.12. The second-order valence-electron chi connectivity index (χ2n) is 5.64. The molecule has 0 aliphatic carbocycles. The average Bonchev–Trinajstić information content (AvgIpc) is 2.67. The summed E-state index contributed by atoms with van der Waals surface area (Å²) in [4.78, 5) is 4.59. The van der Waals surface area contributed by atoms with E-state index in [0.717, 1.165) is 49.1 Å². The Morgan fingerprint density at radius 1 is 1.00 bits per heavy atom. The van der Waals surface area contributed by atoms with Gasteiger partial charge in [0.15, 0.2) is 5.96 Å². The summed E-state index contributed by atoms with van der Waals surface area (Å²) in [6, 6.07) is 5.53. The number of guanidine groups is 1. The summed E-state index contributed by atoms with van der Waals surface area (Å²) in [6.07, 6.45) is 5.36. The second kappa shape index (κ2) is 14.4. The molecule has 0 unspecified atom stereocenters. The summed E-state index contributed by atoms with van der Waals surface area (Å²) in [7, 11) is 3.26. The fraction of sp³-hybridized carbons (Fsp3) is 0.632. The van der Waals surface area contributed by atoms with Gasteiger partial charge in [0.25, 0.3) is 0 Å². The van der Waals surface area contributed by atoms with Crippen molar-refractivity contribution in [1.29, 1.82) is 0 Å². The molecular formula is C19H33N3O3S. The minimum absolute atomic E-state index is 0.590. The van der Waals surface area contributed by atoms with Gasteiger partial charge in [0.2, 0.25) is 0 Å². The molecule has 0 aliphatic heterocycles. The molecule has 1 aromatic rings. The van der Waals surface area contributed by atoms with Crippen molar-refractivity contribution in [2.45, 2.75) is 26.2 Å². The van der Waals surface area contributed by atoms with E-state index >= 15 is 0 Å². The Labute approximate surface area is 162 Å². The molecule has 0 saturated heterocycles. The molecule has 0 atom stereocenters. The van der Waals surface area contributed by atoms with Gasteiger partial charge in [0.1, 0.15) is 17.2 Å². The fourth-order valence-corrected chi connectivity index (χ4v) is 2.72. The predicted octanol–water partition coefficient (Wildman–Crippen LogP) is 3.17. The first-order valence-corrected chi connectivity index (χ1v) is 10.5. The topological polar surface area (TPSA) is 64.1 Å². The van der Waals surface area contributed by atoms with Crippen molar-refractivity contribution in [1.82, 2.24) is 10.6 Å². The largest absolute Gasteiger partial charge is 0.496 e. The maximum absolute atomic E-state index is 5.79. The summed E-state index contributed by atoms with van der Waals surface area (Å²) >= 11 is 1.89. The minimum Gasteiger partial charge on any atom is -0.496 e. The number of unbranched alkanes of at least 4 members (excludes halogenated alkanes) is 1. The van der Waals surface area contributed by atoms with E-state index < -0.39 is 0 Å². The van der Waals surface area contributed by atoms with E-state index in [1.165, 1.54) is 12.2 Å². The van der Waals surface area contributed by atoms with Crippen molar-refractivity contribution in [3.63, 3.8) is 0 Å². The molecule has 0 heterocycles. The third-order valence-corrected chi connectivity index (χ3v) is 4.27. The van der Waals surface area contributed by atoms with Crippen LogP contribution in [0.5, 0.6) is 17.2 Å². The smallest absolute Gasteiger partial charge is 0.191 e. The first-order valence-electron chi connectivity index (χ1n) is 9.10. The standard InChI is InChI=1S/C19H33N3O3S/c1-5-20-19(21-9-6-7-12-26-4)22-10-8-11-25-18-14-16(23-2)13-17(15-18)24-3/h13-15H,5-12H2,1-4H3,(H2,20,21,22). The van der Waals surface area contributed by atoms with Gasteiger partial charge in [-0.3, -0.25) is 4.99 Å². The van der Waals surface area contributed by atoms with Gasteiger partial charge in [-0.25, -0.2) is 0 Å². The Morgan fingerprint density at radius 2 is 1.69 bits per heavy atom. The Hall–Kier alpha value is -1.76. The van der Waals surface area contributed by atoms with Crippen LogP contribution in [0.4, 0.5) is 0 Å². The zero-order valence-electron chi connectivity index (χ0n) is 16.5. The Kier molecular flexibility index (Phi) is 12.4. The number of hydrogen-bond donors (Lipinski definition) is 2. The monoisotopic (exact) mass is 383 g/mol. The lowest BCUT2D eigenvalue weighted by molar-refractivity contribution is 0.307. The lowest BCUT2D eigenvalue weighted by Crippen LogP contribution is -2.38. The number of thioether (sulfide) groups is 1. The third kappa shape index (κ3) is 9.65. The number of nitrogens with one attached hydrogen (secondary N) is 2. The summed E-state index contributed by atoms with van der Waals surface area (Å²) in [5.41, 5.74) is 0. The molecule has 148 valence electrons. The van der Waals surface area contributed by atoms with E-state index in [1.54, 1.807) is 14.2 Å². The molecule has 0 aromatic heterocycles. The molecule has 0 amide bonds. The first kappa shape index (κ1) is 22.3. The predicted molar refractivity (Wildman–Crippen MR) is 111 cm³/mol. The SMILES string of the molecule is CCNC(=NCCCOc1cc(OC)cc(OC)c1)NCCCCSC. The summed E-state index contributed by atoms with van der Waals surface area (Å²) in [5, 5.41) is 6.65. The van der Waals surface area contributed by atoms with Gasteiger partial charge in [-0.05, 0) is 31.8 Å². The molecule has 0 saturated carbocycles. The van der Waals surface area contributed by atoms with Crippen LogP contribution in [0, 0.1) is 0 Å². The molecule has 0 bridgehead atoms. The maximum Gasteiger partial charge on any atom is 0.191 e. The molecule has 0 aliphatic rings. The van der Waals surface area contributed by atoms with Crippen molar-refractivity contribution in [3.8, 4) is 17.2 Å². The van der Waals surface area contributed by atoms with Crippen LogP contribution in [0.25, 0.3) is 0 Å². The average molecular weight is 384 g/mol. The normalized spacial score (nSPS) is 11.2. The van der Waals surface area contributed by atoms with Crippen LogP contribution in [0.3, 0.4) is 0 Å². The molecule has 0 fully saturated rings. The van der Waals surface area contributed by atoms with Gasteiger partial charge in [0, 0.05) is 44.3 Å². The lowest BCUT2D eigenvalue weighted by atomic mass is 10.3. The van der Waals surface area contributed by atoms with Crippen molar-refractivity contribution >= 4 is 17.7 Å². The van der Waals surface area contributed by atoms with Gasteiger partial charge in [-0.15, -0.1) is 0 Å². The molecule has 6 nitrogen and oxygen atoms in total. The molecule has 2 N–H and O–H groups in total. The second-order valence-corrected chi connectivity index (χ2v) is 6.62. The molecule has 1 aromatic carbocycles. The van der Waals surface area contributed by atoms with Crippen molar-refractivity contribution in [2.24, 2.45) is 4.99 Å². The molecule has 0 radical (unpaired) electrons. The highest BCUT2D eigenvalue weighted by atomic mass is 32.2. The van der Waals surface area contributed by atoms with E-state index in [2.05, 4.69) is 28.8 Å². The van der Waals surface area contributed by atoms with Crippen molar-refractivity contribution < 1.29 is 14.2 Å². The number of ether oxygens (including phenoxy) is 3. The van der Waals surface area contributed by atoms with Crippen LogP contribution < -0.4 is 24.8 Å². The molecule has 7 heteroatoms. The number of methoxy groups -OCH3 is 2. The third-order valence-electron chi connectivity index (χ3n) is 3.58. The van der Waals surface area contributed by atoms with Gasteiger partial charge in [-0.1, -0.05) is 0 Å². The van der Waals surface area contributed by atoms with Crippen LogP contribution in [0.1, 0.15) is 26.2 Å². The van der Waals surface area contributed by atoms with Gasteiger partial charge in [0.05, 0.1) is 20.8 Å². The highest BCUT2D eigenvalue weighted by Crippen LogP contribution is 2.27. The highest BCUT2D eigenvalue weighted by Gasteiger charge is 2.03. The summed E-state index contributed by atoms with van der Waals surface area (Å²) < 4.78 is 16.3. The maximum atomic E-state index is 5.79. The van der Waals surface area contributed by atoms with E-state index in [-0.39, 0.29) is 0 Å². The van der Waals surface area contributed by atoms with Gasteiger partial charge >= 0.3 is 0 Å². The summed E-state index contributed by atoms with van der Waals surface area (Å²) in [6.45, 7) is 5.18. The first-order chi connectivity index (χ1) is 12.7. The molecule has 0 spiro atoms. The van der Waals surface area contributed by atoms with Crippen LogP contribution >= 0.6 is 11.8 Å². The Bertz CT molecular complexity index is 505. The molecule has 1 rings (SSSR count).